The molecule has 1 saturated heterocycles. The molecule has 1 heterocycles. The van der Waals surface area contributed by atoms with Crippen LogP contribution in [0.3, 0.4) is 0 Å². The first-order chi connectivity index (χ1) is 14.1. The van der Waals surface area contributed by atoms with Gasteiger partial charge in [0.1, 0.15) is 10.5 Å². The van der Waals surface area contributed by atoms with Crippen molar-refractivity contribution in [3.05, 3.63) is 24.3 Å². The molecule has 1 unspecified atom stereocenters. The Morgan fingerprint density at radius 3 is 2.26 bits per heavy atom. The first kappa shape index (κ1) is 25.6. The Hall–Kier alpha value is -1.65. The van der Waals surface area contributed by atoms with Crippen LogP contribution >= 0.6 is 0 Å². The van der Waals surface area contributed by atoms with Crippen molar-refractivity contribution in [2.45, 2.75) is 68.9 Å². The van der Waals surface area contributed by atoms with Gasteiger partial charge in [0.15, 0.2) is 9.84 Å². The van der Waals surface area contributed by atoms with E-state index in [2.05, 4.69) is 0 Å². The molecular formula is C21H34N2O6S2. The van der Waals surface area contributed by atoms with E-state index in [4.69, 9.17) is 4.74 Å². The van der Waals surface area contributed by atoms with Gasteiger partial charge in [0.25, 0.3) is 0 Å². The number of hydrogen-bond acceptors (Lipinski definition) is 6. The van der Waals surface area contributed by atoms with Crippen LogP contribution in [0.15, 0.2) is 34.1 Å². The Morgan fingerprint density at radius 2 is 1.74 bits per heavy atom. The van der Waals surface area contributed by atoms with E-state index in [-0.39, 0.29) is 28.3 Å². The quantitative estimate of drug-likeness (QED) is 0.628. The predicted octanol–water partition coefficient (Wildman–Crippen LogP) is 3.14. The summed E-state index contributed by atoms with van der Waals surface area (Å²) in [5, 5.41) is 0. The number of nitrogens with zero attached hydrogens (tertiary/aromatic N) is 2. The smallest absolute Gasteiger partial charge is 0.410 e. The number of carbonyl (C=O) groups is 1. The molecule has 1 aromatic rings. The number of sulfone groups is 1. The van der Waals surface area contributed by atoms with Crippen molar-refractivity contribution >= 4 is 26.0 Å². The molecule has 1 amide bonds. The first-order valence-corrected chi connectivity index (χ1v) is 13.7. The van der Waals surface area contributed by atoms with Crippen molar-refractivity contribution in [2.75, 3.05) is 25.9 Å². The highest BCUT2D eigenvalue weighted by Crippen LogP contribution is 2.29. The Bertz CT molecular complexity index is 997. The minimum Gasteiger partial charge on any atom is -0.444 e. The molecule has 2 rings (SSSR count). The maximum atomic E-state index is 13.3. The van der Waals surface area contributed by atoms with Gasteiger partial charge in [0.2, 0.25) is 10.0 Å². The average molecular weight is 475 g/mol. The summed E-state index contributed by atoms with van der Waals surface area (Å²) in [6, 6.07) is 5.57. The molecule has 31 heavy (non-hydrogen) atoms. The minimum absolute atomic E-state index is 0.0798. The third-order valence-corrected chi connectivity index (χ3v) is 8.26. The summed E-state index contributed by atoms with van der Waals surface area (Å²) in [5.74, 6) is -0.0798. The maximum Gasteiger partial charge on any atom is 0.410 e. The van der Waals surface area contributed by atoms with Gasteiger partial charge in [0, 0.05) is 31.9 Å². The number of carbonyl (C=O) groups excluding carboxylic acids is 1. The van der Waals surface area contributed by atoms with Crippen molar-refractivity contribution in [1.82, 2.24) is 9.21 Å². The number of ether oxygens (including phenoxy) is 1. The SMILES string of the molecule is CC(C)N(CC1CCCN(S(=O)(=O)c2ccccc2S(C)(=O)=O)C1)C(=O)OC(C)(C)C. The van der Waals surface area contributed by atoms with E-state index in [9.17, 15) is 21.6 Å². The molecule has 1 atom stereocenters. The summed E-state index contributed by atoms with van der Waals surface area (Å²) in [6.07, 6.45) is 1.98. The molecule has 0 aliphatic carbocycles. The fourth-order valence-electron chi connectivity index (χ4n) is 3.60. The van der Waals surface area contributed by atoms with Crippen LogP contribution in [0, 0.1) is 5.92 Å². The first-order valence-electron chi connectivity index (χ1n) is 10.4. The topological polar surface area (TPSA) is 101 Å². The molecule has 0 spiro atoms. The van der Waals surface area contributed by atoms with E-state index in [0.29, 0.717) is 19.5 Å². The molecular weight excluding hydrogens is 440 g/mol. The molecule has 8 nitrogen and oxygen atoms in total. The molecule has 1 fully saturated rings. The van der Waals surface area contributed by atoms with Gasteiger partial charge in [-0.2, -0.15) is 4.31 Å². The summed E-state index contributed by atoms with van der Waals surface area (Å²) in [4.78, 5) is 13.9. The van der Waals surface area contributed by atoms with Crippen molar-refractivity contribution in [3.8, 4) is 0 Å². The second-order valence-electron chi connectivity index (χ2n) is 9.32. The van der Waals surface area contributed by atoms with E-state index < -0.39 is 31.6 Å². The largest absolute Gasteiger partial charge is 0.444 e. The number of hydrogen-bond donors (Lipinski definition) is 0. The molecule has 0 saturated carbocycles. The van der Waals surface area contributed by atoms with Crippen molar-refractivity contribution < 1.29 is 26.4 Å². The minimum atomic E-state index is -3.99. The Morgan fingerprint density at radius 1 is 1.16 bits per heavy atom. The van der Waals surface area contributed by atoms with Crippen molar-refractivity contribution in [1.29, 1.82) is 0 Å². The zero-order valence-corrected chi connectivity index (χ0v) is 20.8. The zero-order chi connectivity index (χ0) is 23.6. The molecule has 0 radical (unpaired) electrons. The highest BCUT2D eigenvalue weighted by molar-refractivity contribution is 7.93. The van der Waals surface area contributed by atoms with Crippen LogP contribution in [0.5, 0.6) is 0 Å². The van der Waals surface area contributed by atoms with Gasteiger partial charge in [-0.05, 0) is 65.5 Å². The van der Waals surface area contributed by atoms with E-state index in [1.54, 1.807) is 25.7 Å². The normalized spacial score (nSPS) is 18.7. The van der Waals surface area contributed by atoms with Crippen LogP contribution in [-0.2, 0) is 24.6 Å². The number of benzene rings is 1. The van der Waals surface area contributed by atoms with Crippen LogP contribution in [0.4, 0.5) is 4.79 Å². The summed E-state index contributed by atoms with van der Waals surface area (Å²) < 4.78 is 57.7. The number of rotatable bonds is 6. The van der Waals surface area contributed by atoms with E-state index >= 15 is 0 Å². The zero-order valence-electron chi connectivity index (χ0n) is 19.2. The van der Waals surface area contributed by atoms with Crippen LogP contribution in [0.25, 0.3) is 0 Å². The maximum absolute atomic E-state index is 13.3. The van der Waals surface area contributed by atoms with Gasteiger partial charge in [-0.25, -0.2) is 21.6 Å². The molecule has 1 aliphatic rings. The Kier molecular flexibility index (Phi) is 7.81. The summed E-state index contributed by atoms with van der Waals surface area (Å²) in [5.41, 5.74) is -0.623. The second-order valence-corrected chi connectivity index (χ2v) is 13.2. The lowest BCUT2D eigenvalue weighted by atomic mass is 9.98. The Balaban J connectivity index is 2.25. The summed E-state index contributed by atoms with van der Waals surface area (Å²) in [6.45, 7) is 10.1. The van der Waals surface area contributed by atoms with Crippen LogP contribution in [-0.4, -0.2) is 69.7 Å². The highest BCUT2D eigenvalue weighted by Gasteiger charge is 2.35. The van der Waals surface area contributed by atoms with Crippen LogP contribution in [0.1, 0.15) is 47.5 Å². The van der Waals surface area contributed by atoms with Gasteiger partial charge < -0.3 is 9.64 Å². The van der Waals surface area contributed by atoms with Gasteiger partial charge in [0.05, 0.1) is 4.90 Å². The van der Waals surface area contributed by atoms with Crippen LogP contribution in [0.2, 0.25) is 0 Å². The summed E-state index contributed by atoms with van der Waals surface area (Å²) in [7, 11) is -7.70. The molecule has 1 aromatic carbocycles. The lowest BCUT2D eigenvalue weighted by Crippen LogP contribution is -2.48. The third kappa shape index (κ3) is 6.66. The monoisotopic (exact) mass is 474 g/mol. The predicted molar refractivity (Wildman–Crippen MR) is 119 cm³/mol. The average Bonchev–Trinajstić information content (AvgIpc) is 2.64. The number of sulfonamides is 1. The Labute approximate surface area is 186 Å². The molecule has 176 valence electrons. The van der Waals surface area contributed by atoms with Crippen LogP contribution < -0.4 is 0 Å². The fourth-order valence-corrected chi connectivity index (χ4v) is 6.75. The van der Waals surface area contributed by atoms with E-state index in [1.807, 2.05) is 13.8 Å². The standard InChI is InChI=1S/C21H34N2O6S2/c1-16(2)23(20(24)29-21(3,4)5)15-17-10-9-13-22(14-17)31(27,28)19-12-8-7-11-18(19)30(6,25)26/h7-8,11-12,16-17H,9-10,13-15H2,1-6H3. The van der Waals surface area contributed by atoms with Gasteiger partial charge >= 0.3 is 6.09 Å². The number of amides is 1. The fraction of sp³-hybridized carbons (Fsp3) is 0.667. The third-order valence-electron chi connectivity index (χ3n) is 5.05. The molecule has 1 aliphatic heterocycles. The second kappa shape index (κ2) is 9.46. The molecule has 0 aromatic heterocycles. The number of piperidine rings is 1. The lowest BCUT2D eigenvalue weighted by Gasteiger charge is -2.37. The van der Waals surface area contributed by atoms with Crippen molar-refractivity contribution in [3.63, 3.8) is 0 Å². The highest BCUT2D eigenvalue weighted by atomic mass is 32.2. The van der Waals surface area contributed by atoms with Gasteiger partial charge in [-0.15, -0.1) is 0 Å². The van der Waals surface area contributed by atoms with E-state index in [0.717, 1.165) is 12.7 Å². The lowest BCUT2D eigenvalue weighted by molar-refractivity contribution is 0.0137. The van der Waals surface area contributed by atoms with Gasteiger partial charge in [-0.3, -0.25) is 0 Å². The van der Waals surface area contributed by atoms with Gasteiger partial charge in [-0.1, -0.05) is 12.1 Å². The van der Waals surface area contributed by atoms with E-state index in [1.165, 1.54) is 28.6 Å². The molecule has 0 bridgehead atoms. The summed E-state index contributed by atoms with van der Waals surface area (Å²) >= 11 is 0. The molecule has 10 heteroatoms. The molecule has 0 N–H and O–H groups in total. The van der Waals surface area contributed by atoms with Crippen molar-refractivity contribution in [2.24, 2.45) is 5.92 Å².